The summed E-state index contributed by atoms with van der Waals surface area (Å²) in [4.78, 5) is 3.02. The summed E-state index contributed by atoms with van der Waals surface area (Å²) in [5.41, 5.74) is 9.05. The molecule has 4 N–H and O–H groups in total. The standard InChI is InChI=1S/C10H16N4/c1-3-11-5-9(1)7-13-14-8-10-2-4-12-6-10/h1,3,5-6,11-14H,2,4,7-8H2. The van der Waals surface area contributed by atoms with Gasteiger partial charge < -0.3 is 10.3 Å². The van der Waals surface area contributed by atoms with E-state index in [1.807, 2.05) is 12.4 Å². The van der Waals surface area contributed by atoms with Crippen LogP contribution in [0.1, 0.15) is 12.0 Å². The fourth-order valence-corrected chi connectivity index (χ4v) is 1.47. The Kier molecular flexibility index (Phi) is 3.21. The number of hydrazine groups is 1. The van der Waals surface area contributed by atoms with Crippen LogP contribution < -0.4 is 16.2 Å². The number of H-pyrrole nitrogens is 1. The number of aromatic nitrogens is 1. The highest BCUT2D eigenvalue weighted by Crippen LogP contribution is 2.02. The molecule has 0 saturated heterocycles. The molecule has 0 radical (unpaired) electrons. The van der Waals surface area contributed by atoms with Gasteiger partial charge in [0.15, 0.2) is 0 Å². The normalized spacial score (nSPS) is 15.3. The maximum absolute atomic E-state index is 3.19. The third-order valence-corrected chi connectivity index (χ3v) is 2.29. The fourth-order valence-electron chi connectivity index (χ4n) is 1.47. The minimum absolute atomic E-state index is 0.851. The Hall–Kier alpha value is -1.26. The Morgan fingerprint density at radius 3 is 2.93 bits per heavy atom. The molecule has 0 bridgehead atoms. The lowest BCUT2D eigenvalue weighted by Crippen LogP contribution is -2.32. The van der Waals surface area contributed by atoms with Crippen LogP contribution in [0.3, 0.4) is 0 Å². The summed E-state index contributed by atoms with van der Waals surface area (Å²) >= 11 is 0. The van der Waals surface area contributed by atoms with Gasteiger partial charge in [0, 0.05) is 32.0 Å². The molecule has 0 atom stereocenters. The van der Waals surface area contributed by atoms with Gasteiger partial charge in [-0.25, -0.2) is 0 Å². The van der Waals surface area contributed by atoms with Gasteiger partial charge in [0.2, 0.25) is 0 Å². The second-order valence-corrected chi connectivity index (χ2v) is 3.43. The minimum atomic E-state index is 0.851. The molecule has 0 aromatic carbocycles. The summed E-state index contributed by atoms with van der Waals surface area (Å²) in [5.74, 6) is 0. The van der Waals surface area contributed by atoms with E-state index in [-0.39, 0.29) is 0 Å². The molecule has 0 fully saturated rings. The summed E-state index contributed by atoms with van der Waals surface area (Å²) in [7, 11) is 0. The molecule has 2 heterocycles. The largest absolute Gasteiger partial charge is 0.391 e. The monoisotopic (exact) mass is 192 g/mol. The molecule has 76 valence electrons. The van der Waals surface area contributed by atoms with E-state index >= 15 is 0 Å². The van der Waals surface area contributed by atoms with Gasteiger partial charge in [-0.1, -0.05) is 0 Å². The molecule has 1 aliphatic rings. The quantitative estimate of drug-likeness (QED) is 0.405. The van der Waals surface area contributed by atoms with Crippen molar-refractivity contribution in [1.29, 1.82) is 0 Å². The molecule has 0 aliphatic carbocycles. The predicted molar refractivity (Wildman–Crippen MR) is 56.3 cm³/mol. The van der Waals surface area contributed by atoms with Gasteiger partial charge in [-0.05, 0) is 29.8 Å². The first-order valence-corrected chi connectivity index (χ1v) is 4.94. The number of rotatable bonds is 5. The zero-order chi connectivity index (χ0) is 9.64. The number of aromatic amines is 1. The summed E-state index contributed by atoms with van der Waals surface area (Å²) in [6, 6.07) is 2.06. The van der Waals surface area contributed by atoms with Crippen molar-refractivity contribution in [3.63, 3.8) is 0 Å². The van der Waals surface area contributed by atoms with Crippen molar-refractivity contribution in [2.45, 2.75) is 13.0 Å². The van der Waals surface area contributed by atoms with Crippen LogP contribution in [0.15, 0.2) is 30.2 Å². The third kappa shape index (κ3) is 2.61. The Bertz CT molecular complexity index is 289. The molecule has 1 aromatic heterocycles. The van der Waals surface area contributed by atoms with Gasteiger partial charge in [0.05, 0.1) is 0 Å². The van der Waals surface area contributed by atoms with Crippen molar-refractivity contribution in [2.75, 3.05) is 13.1 Å². The first-order chi connectivity index (χ1) is 6.95. The van der Waals surface area contributed by atoms with E-state index in [1.54, 1.807) is 0 Å². The molecular weight excluding hydrogens is 176 g/mol. The van der Waals surface area contributed by atoms with E-state index in [2.05, 4.69) is 33.4 Å². The van der Waals surface area contributed by atoms with Gasteiger partial charge in [0.25, 0.3) is 0 Å². The lowest BCUT2D eigenvalue weighted by molar-refractivity contribution is 0.555. The summed E-state index contributed by atoms with van der Waals surface area (Å²) in [6.45, 7) is 2.84. The van der Waals surface area contributed by atoms with E-state index in [4.69, 9.17) is 0 Å². The number of hydrogen-bond acceptors (Lipinski definition) is 3. The van der Waals surface area contributed by atoms with Gasteiger partial charge in [0.1, 0.15) is 0 Å². The van der Waals surface area contributed by atoms with Gasteiger partial charge in [-0.3, -0.25) is 10.9 Å². The molecule has 1 aliphatic heterocycles. The van der Waals surface area contributed by atoms with E-state index in [0.29, 0.717) is 0 Å². The molecule has 14 heavy (non-hydrogen) atoms. The summed E-state index contributed by atoms with van der Waals surface area (Å²) < 4.78 is 0. The highest BCUT2D eigenvalue weighted by molar-refractivity contribution is 5.09. The second kappa shape index (κ2) is 4.83. The van der Waals surface area contributed by atoms with E-state index in [9.17, 15) is 0 Å². The van der Waals surface area contributed by atoms with Crippen molar-refractivity contribution in [3.8, 4) is 0 Å². The molecule has 0 amide bonds. The topological polar surface area (TPSA) is 51.9 Å². The zero-order valence-electron chi connectivity index (χ0n) is 8.14. The lowest BCUT2D eigenvalue weighted by Gasteiger charge is -2.05. The van der Waals surface area contributed by atoms with Crippen molar-refractivity contribution < 1.29 is 0 Å². The molecule has 0 spiro atoms. The molecular formula is C10H16N4. The SMILES string of the molecule is C1=C(CNNCc2cc[nH]c2)CCN1. The minimum Gasteiger partial charge on any atom is -0.391 e. The Labute approximate surface area is 83.8 Å². The molecule has 0 saturated carbocycles. The van der Waals surface area contributed by atoms with Gasteiger partial charge in [-0.2, -0.15) is 0 Å². The Balaban J connectivity index is 1.59. The number of hydrogen-bond donors (Lipinski definition) is 4. The van der Waals surface area contributed by atoms with E-state index in [0.717, 1.165) is 26.1 Å². The Morgan fingerprint density at radius 2 is 2.21 bits per heavy atom. The van der Waals surface area contributed by atoms with Crippen LogP contribution in [0.2, 0.25) is 0 Å². The fraction of sp³-hybridized carbons (Fsp3) is 0.400. The third-order valence-electron chi connectivity index (χ3n) is 2.29. The molecule has 4 nitrogen and oxygen atoms in total. The van der Waals surface area contributed by atoms with Crippen molar-refractivity contribution >= 4 is 0 Å². The predicted octanol–water partition coefficient (Wildman–Crippen LogP) is 0.486. The van der Waals surface area contributed by atoms with Crippen LogP contribution in [-0.2, 0) is 6.54 Å². The second-order valence-electron chi connectivity index (χ2n) is 3.43. The average Bonchev–Trinajstić information content (AvgIpc) is 2.86. The molecule has 4 heteroatoms. The number of nitrogens with one attached hydrogen (secondary N) is 4. The molecule has 1 aromatic rings. The lowest BCUT2D eigenvalue weighted by atomic mass is 10.2. The highest BCUT2D eigenvalue weighted by Gasteiger charge is 2.01. The smallest absolute Gasteiger partial charge is 0.0366 e. The van der Waals surface area contributed by atoms with Gasteiger partial charge >= 0.3 is 0 Å². The van der Waals surface area contributed by atoms with E-state index < -0.39 is 0 Å². The zero-order valence-corrected chi connectivity index (χ0v) is 8.14. The average molecular weight is 192 g/mol. The van der Waals surface area contributed by atoms with Crippen molar-refractivity contribution in [3.05, 3.63) is 35.8 Å². The van der Waals surface area contributed by atoms with Crippen LogP contribution in [0.25, 0.3) is 0 Å². The van der Waals surface area contributed by atoms with Crippen molar-refractivity contribution in [1.82, 2.24) is 21.2 Å². The summed E-state index contributed by atoms with van der Waals surface area (Å²) in [5, 5.41) is 3.19. The van der Waals surface area contributed by atoms with Gasteiger partial charge in [-0.15, -0.1) is 0 Å². The first kappa shape index (κ1) is 9.30. The maximum Gasteiger partial charge on any atom is 0.0366 e. The molecule has 2 rings (SSSR count). The first-order valence-electron chi connectivity index (χ1n) is 4.94. The summed E-state index contributed by atoms with van der Waals surface area (Å²) in [6.07, 6.45) is 7.16. The molecule has 0 unspecified atom stereocenters. The van der Waals surface area contributed by atoms with Crippen LogP contribution in [0, 0.1) is 0 Å². The maximum atomic E-state index is 3.19. The highest BCUT2D eigenvalue weighted by atomic mass is 15.3. The Morgan fingerprint density at radius 1 is 1.29 bits per heavy atom. The van der Waals surface area contributed by atoms with E-state index in [1.165, 1.54) is 11.1 Å². The van der Waals surface area contributed by atoms with Crippen LogP contribution in [0.5, 0.6) is 0 Å². The van der Waals surface area contributed by atoms with Crippen LogP contribution >= 0.6 is 0 Å². The van der Waals surface area contributed by atoms with Crippen molar-refractivity contribution in [2.24, 2.45) is 0 Å². The van der Waals surface area contributed by atoms with Crippen LogP contribution in [0.4, 0.5) is 0 Å². The van der Waals surface area contributed by atoms with Crippen LogP contribution in [-0.4, -0.2) is 18.1 Å².